The van der Waals surface area contributed by atoms with E-state index < -0.39 is 19.8 Å². The summed E-state index contributed by atoms with van der Waals surface area (Å²) in [5.74, 6) is 0.807. The van der Waals surface area contributed by atoms with Crippen LogP contribution in [-0.2, 0) is 16.2 Å². The summed E-state index contributed by atoms with van der Waals surface area (Å²) in [5.41, 5.74) is 3.58. The lowest BCUT2D eigenvalue weighted by molar-refractivity contribution is 0.0509. The summed E-state index contributed by atoms with van der Waals surface area (Å²) in [4.78, 5) is 28.6. The molecule has 1 aliphatic heterocycles. The van der Waals surface area contributed by atoms with Gasteiger partial charge in [0.05, 0.1) is 33.6 Å². The highest BCUT2D eigenvalue weighted by Gasteiger charge is 2.28. The van der Waals surface area contributed by atoms with Crippen LogP contribution in [-0.4, -0.2) is 70.2 Å². The third-order valence-electron chi connectivity index (χ3n) is 7.08. The molecule has 1 aliphatic rings. The topological polar surface area (TPSA) is 107 Å². The Labute approximate surface area is 262 Å². The largest absolute Gasteiger partial charge is 0.444 e. The first-order valence-electron chi connectivity index (χ1n) is 14.6. The number of amides is 1. The van der Waals surface area contributed by atoms with E-state index in [4.69, 9.17) is 24.5 Å². The van der Waals surface area contributed by atoms with Crippen LogP contribution >= 0.6 is 15.9 Å². The molecule has 4 aromatic rings. The highest BCUT2D eigenvalue weighted by atomic mass is 79.9. The molecule has 0 aromatic carbocycles. The summed E-state index contributed by atoms with van der Waals surface area (Å²) in [6.07, 6.45) is 5.81. The Morgan fingerprint density at radius 3 is 2.70 bits per heavy atom. The SMILES string of the molecule is CC(C)(C)OC(=O)NC1CCN(c2nc(-c3nn(COCC[Si](C)(C)C)c4cnc(-c5cccnc5)cc34)ccc2Br)C1. The average Bonchev–Trinajstić information content (AvgIpc) is 3.54. The number of nitrogens with zero attached hydrogens (tertiary/aromatic N) is 6. The number of hydrogen-bond acceptors (Lipinski definition) is 8. The molecule has 5 rings (SSSR count). The lowest BCUT2D eigenvalue weighted by atomic mass is 10.1. The van der Waals surface area contributed by atoms with Crippen LogP contribution in [0.25, 0.3) is 33.5 Å². The minimum atomic E-state index is -1.21. The predicted octanol–water partition coefficient (Wildman–Crippen LogP) is 6.73. The van der Waals surface area contributed by atoms with Gasteiger partial charge in [-0.3, -0.25) is 9.97 Å². The van der Waals surface area contributed by atoms with E-state index in [0.29, 0.717) is 19.9 Å². The van der Waals surface area contributed by atoms with Crippen molar-refractivity contribution in [2.75, 3.05) is 24.6 Å². The van der Waals surface area contributed by atoms with Crippen LogP contribution in [0.4, 0.5) is 10.6 Å². The number of carbonyl (C=O) groups excluding carboxylic acids is 1. The number of alkyl carbamates (subject to hydrolysis) is 1. The Kier molecular flexibility index (Phi) is 9.19. The zero-order chi connectivity index (χ0) is 30.8. The molecule has 1 saturated heterocycles. The number of carbonyl (C=O) groups is 1. The van der Waals surface area contributed by atoms with Gasteiger partial charge in [0.15, 0.2) is 0 Å². The number of halogens is 1. The van der Waals surface area contributed by atoms with E-state index in [9.17, 15) is 4.79 Å². The molecule has 5 heterocycles. The second-order valence-corrected chi connectivity index (χ2v) is 19.6. The minimum Gasteiger partial charge on any atom is -0.444 e. The van der Waals surface area contributed by atoms with Gasteiger partial charge in [-0.25, -0.2) is 14.5 Å². The maximum atomic E-state index is 12.4. The number of nitrogens with one attached hydrogen (secondary N) is 1. The number of fused-ring (bicyclic) bond motifs is 1. The quantitative estimate of drug-likeness (QED) is 0.155. The first-order valence-corrected chi connectivity index (χ1v) is 19.1. The van der Waals surface area contributed by atoms with Gasteiger partial charge in [0.1, 0.15) is 23.8 Å². The van der Waals surface area contributed by atoms with Gasteiger partial charge >= 0.3 is 6.09 Å². The van der Waals surface area contributed by atoms with E-state index >= 15 is 0 Å². The number of pyridine rings is 3. The fourth-order valence-electron chi connectivity index (χ4n) is 4.89. The van der Waals surface area contributed by atoms with E-state index in [1.165, 1.54) is 0 Å². The molecule has 0 aliphatic carbocycles. The summed E-state index contributed by atoms with van der Waals surface area (Å²) in [5, 5.41) is 8.93. The molecule has 43 heavy (non-hydrogen) atoms. The zero-order valence-corrected chi connectivity index (χ0v) is 28.3. The van der Waals surface area contributed by atoms with Crippen LogP contribution < -0.4 is 10.2 Å². The molecular weight excluding hydrogens is 626 g/mol. The minimum absolute atomic E-state index is 0.0336. The maximum Gasteiger partial charge on any atom is 0.407 e. The highest BCUT2D eigenvalue weighted by molar-refractivity contribution is 9.10. The molecule has 0 bridgehead atoms. The molecular formula is C31H40BrN7O3Si. The molecule has 4 aromatic heterocycles. The Balaban J connectivity index is 1.44. The maximum absolute atomic E-state index is 12.4. The predicted molar refractivity (Wildman–Crippen MR) is 176 cm³/mol. The second-order valence-electron chi connectivity index (χ2n) is 13.1. The van der Waals surface area contributed by atoms with Crippen molar-refractivity contribution >= 4 is 46.8 Å². The Bertz CT molecular complexity index is 1580. The molecule has 0 radical (unpaired) electrons. The van der Waals surface area contributed by atoms with Gasteiger partial charge in [0.25, 0.3) is 0 Å². The zero-order valence-electron chi connectivity index (χ0n) is 25.7. The molecule has 0 spiro atoms. The molecule has 10 nitrogen and oxygen atoms in total. The standard InChI is InChI=1S/C31H40BrN7O3Si/c1-31(2,3)42-30(40)35-22-11-13-38(19-22)29-24(32)9-10-25(36-29)28-23-16-26(21-8-7-12-33-17-21)34-18-27(23)39(37-28)20-41-14-15-43(4,5)6/h7-10,12,16-18,22H,11,13-15,19-20H2,1-6H3,(H,35,40). The van der Waals surface area contributed by atoms with Gasteiger partial charge in [0, 0.05) is 51.1 Å². The highest BCUT2D eigenvalue weighted by Crippen LogP contribution is 2.34. The van der Waals surface area contributed by atoms with Gasteiger partial charge < -0.3 is 19.7 Å². The summed E-state index contributed by atoms with van der Waals surface area (Å²) < 4.78 is 14.3. The van der Waals surface area contributed by atoms with Gasteiger partial charge in [-0.1, -0.05) is 19.6 Å². The van der Waals surface area contributed by atoms with Crippen LogP contribution in [0, 0.1) is 0 Å². The third kappa shape index (κ3) is 7.98. The van der Waals surface area contributed by atoms with Crippen LogP contribution in [0.2, 0.25) is 25.7 Å². The third-order valence-corrected chi connectivity index (χ3v) is 9.41. The van der Waals surface area contributed by atoms with Crippen LogP contribution in [0.15, 0.2) is 53.4 Å². The van der Waals surface area contributed by atoms with Crippen molar-refractivity contribution in [1.82, 2.24) is 30.0 Å². The Morgan fingerprint density at radius 1 is 1.16 bits per heavy atom. The molecule has 1 unspecified atom stereocenters. The van der Waals surface area contributed by atoms with Gasteiger partial charge in [0.2, 0.25) is 0 Å². The van der Waals surface area contributed by atoms with Crippen molar-refractivity contribution in [3.8, 4) is 22.6 Å². The molecule has 1 N–H and O–H groups in total. The van der Waals surface area contributed by atoms with Crippen molar-refractivity contribution in [2.24, 2.45) is 0 Å². The molecule has 12 heteroatoms. The van der Waals surface area contributed by atoms with Crippen molar-refractivity contribution in [3.63, 3.8) is 0 Å². The molecule has 1 fully saturated rings. The normalized spacial score (nSPS) is 15.7. The van der Waals surface area contributed by atoms with Crippen molar-refractivity contribution in [3.05, 3.63) is 53.4 Å². The number of anilines is 1. The number of ether oxygens (including phenoxy) is 2. The Morgan fingerprint density at radius 2 is 1.98 bits per heavy atom. The summed E-state index contributed by atoms with van der Waals surface area (Å²) >= 11 is 3.70. The second kappa shape index (κ2) is 12.7. The lowest BCUT2D eigenvalue weighted by Crippen LogP contribution is -2.40. The van der Waals surface area contributed by atoms with Crippen LogP contribution in [0.5, 0.6) is 0 Å². The van der Waals surface area contributed by atoms with Crippen molar-refractivity contribution in [1.29, 1.82) is 0 Å². The van der Waals surface area contributed by atoms with Crippen molar-refractivity contribution in [2.45, 2.75) is 71.3 Å². The number of aromatic nitrogens is 5. The molecule has 0 saturated carbocycles. The summed E-state index contributed by atoms with van der Waals surface area (Å²) in [7, 11) is -1.21. The van der Waals surface area contributed by atoms with Crippen LogP contribution in [0.3, 0.4) is 0 Å². The fraction of sp³-hybridized carbons (Fsp3) is 0.452. The molecule has 1 amide bonds. The van der Waals surface area contributed by atoms with E-state index in [1.807, 2.05) is 68.2 Å². The van der Waals surface area contributed by atoms with Gasteiger partial charge in [-0.15, -0.1) is 0 Å². The first kappa shape index (κ1) is 31.1. The van der Waals surface area contributed by atoms with E-state index in [1.54, 1.807) is 6.20 Å². The van der Waals surface area contributed by atoms with Crippen LogP contribution in [0.1, 0.15) is 27.2 Å². The van der Waals surface area contributed by atoms with Gasteiger partial charge in [-0.05, 0) is 79.5 Å². The summed E-state index contributed by atoms with van der Waals surface area (Å²) in [6, 6.07) is 11.0. The Hall–Kier alpha value is -3.35. The first-order chi connectivity index (χ1) is 20.4. The van der Waals surface area contributed by atoms with Gasteiger partial charge in [-0.2, -0.15) is 5.10 Å². The van der Waals surface area contributed by atoms with E-state index in [2.05, 4.69) is 50.8 Å². The monoisotopic (exact) mass is 665 g/mol. The van der Waals surface area contributed by atoms with E-state index in [-0.39, 0.29) is 6.04 Å². The summed E-state index contributed by atoms with van der Waals surface area (Å²) in [6.45, 7) is 15.0. The van der Waals surface area contributed by atoms with Crippen molar-refractivity contribution < 1.29 is 14.3 Å². The molecule has 1 atom stereocenters. The number of hydrogen-bond donors (Lipinski definition) is 1. The fourth-order valence-corrected chi connectivity index (χ4v) is 6.12. The molecule has 228 valence electrons. The smallest absolute Gasteiger partial charge is 0.407 e. The lowest BCUT2D eigenvalue weighted by Gasteiger charge is -2.22. The number of rotatable bonds is 9. The van der Waals surface area contributed by atoms with E-state index in [0.717, 1.165) is 62.8 Å². The average molecular weight is 667 g/mol.